The predicted molar refractivity (Wildman–Crippen MR) is 52.5 cm³/mol. The molecule has 3 heteroatoms. The molecular formula is C10H8N2O. The van der Waals surface area contributed by atoms with Crippen molar-refractivity contribution in [1.82, 2.24) is 9.97 Å². The molecule has 0 aliphatic rings. The first-order chi connectivity index (χ1) is 6.29. The number of hydrogen-bond acceptors (Lipinski definition) is 2. The highest BCUT2D eigenvalue weighted by Gasteiger charge is 1.95. The molecule has 64 valence electrons. The largest absolute Gasteiger partial charge is 0.307 e. The Kier molecular flexibility index (Phi) is 1.70. The van der Waals surface area contributed by atoms with E-state index in [0.29, 0.717) is 5.65 Å². The second kappa shape index (κ2) is 2.86. The lowest BCUT2D eigenvalue weighted by Gasteiger charge is -1.96. The lowest BCUT2D eigenvalue weighted by molar-refractivity contribution is 1.23. The van der Waals surface area contributed by atoms with Gasteiger partial charge in [0.25, 0.3) is 0 Å². The fourth-order valence-electron chi connectivity index (χ4n) is 1.17. The van der Waals surface area contributed by atoms with Crippen LogP contribution in [0.4, 0.5) is 0 Å². The number of fused-ring (bicyclic) bond motifs is 1. The second-order valence-corrected chi connectivity index (χ2v) is 2.73. The Balaban J connectivity index is 2.80. The van der Waals surface area contributed by atoms with Crippen molar-refractivity contribution >= 4 is 17.1 Å². The van der Waals surface area contributed by atoms with Crippen molar-refractivity contribution in [2.45, 2.75) is 0 Å². The maximum Gasteiger partial charge on any atom is 0.249 e. The van der Waals surface area contributed by atoms with Crippen molar-refractivity contribution in [3.05, 3.63) is 46.9 Å². The highest BCUT2D eigenvalue weighted by atomic mass is 16.1. The average molecular weight is 172 g/mol. The first kappa shape index (κ1) is 7.73. The Bertz CT molecular complexity index is 514. The molecule has 2 aromatic heterocycles. The van der Waals surface area contributed by atoms with Crippen LogP contribution in [0.1, 0.15) is 5.56 Å². The van der Waals surface area contributed by atoms with E-state index in [-0.39, 0.29) is 5.56 Å². The van der Waals surface area contributed by atoms with Crippen LogP contribution in [0.15, 0.2) is 35.8 Å². The number of nitrogens with one attached hydrogen (secondary N) is 1. The molecular weight excluding hydrogens is 164 g/mol. The van der Waals surface area contributed by atoms with Gasteiger partial charge in [0, 0.05) is 17.6 Å². The van der Waals surface area contributed by atoms with E-state index >= 15 is 0 Å². The average Bonchev–Trinajstić information content (AvgIpc) is 2.17. The summed E-state index contributed by atoms with van der Waals surface area (Å²) in [6, 6.07) is 5.15. The van der Waals surface area contributed by atoms with Crippen molar-refractivity contribution in [3.63, 3.8) is 0 Å². The Labute approximate surface area is 74.8 Å². The van der Waals surface area contributed by atoms with E-state index in [2.05, 4.69) is 16.5 Å². The minimum atomic E-state index is -0.133. The Morgan fingerprint density at radius 1 is 1.46 bits per heavy atom. The van der Waals surface area contributed by atoms with E-state index in [1.807, 2.05) is 6.07 Å². The van der Waals surface area contributed by atoms with Gasteiger partial charge in [0.05, 0.1) is 0 Å². The molecule has 0 aliphatic carbocycles. The molecule has 0 unspecified atom stereocenters. The van der Waals surface area contributed by atoms with Gasteiger partial charge in [-0.15, -0.1) is 0 Å². The molecule has 2 heterocycles. The molecule has 0 atom stereocenters. The van der Waals surface area contributed by atoms with E-state index in [1.165, 1.54) is 6.07 Å². The molecule has 0 bridgehead atoms. The highest BCUT2D eigenvalue weighted by molar-refractivity contribution is 5.76. The zero-order valence-electron chi connectivity index (χ0n) is 6.95. The van der Waals surface area contributed by atoms with Crippen molar-refractivity contribution in [1.29, 1.82) is 0 Å². The maximum absolute atomic E-state index is 10.9. The molecule has 0 aromatic carbocycles. The van der Waals surface area contributed by atoms with Crippen LogP contribution in [0.3, 0.4) is 0 Å². The van der Waals surface area contributed by atoms with Crippen LogP contribution in [0.2, 0.25) is 0 Å². The van der Waals surface area contributed by atoms with Crippen molar-refractivity contribution < 1.29 is 0 Å². The van der Waals surface area contributed by atoms with Gasteiger partial charge in [0.15, 0.2) is 0 Å². The number of nitrogens with zero attached hydrogens (tertiary/aromatic N) is 1. The number of H-pyrrole nitrogens is 1. The number of aromatic nitrogens is 2. The predicted octanol–water partition coefficient (Wildman–Crippen LogP) is 1.57. The summed E-state index contributed by atoms with van der Waals surface area (Å²) < 4.78 is 0. The summed E-state index contributed by atoms with van der Waals surface area (Å²) in [5.41, 5.74) is 1.42. The van der Waals surface area contributed by atoms with Crippen LogP contribution in [-0.2, 0) is 0 Å². The van der Waals surface area contributed by atoms with Gasteiger partial charge >= 0.3 is 0 Å². The van der Waals surface area contributed by atoms with E-state index in [0.717, 1.165) is 10.9 Å². The van der Waals surface area contributed by atoms with Crippen LogP contribution < -0.4 is 5.56 Å². The molecule has 0 amide bonds. The Morgan fingerprint density at radius 3 is 3.08 bits per heavy atom. The summed E-state index contributed by atoms with van der Waals surface area (Å²) >= 11 is 0. The molecule has 3 nitrogen and oxygen atoms in total. The molecule has 2 rings (SSSR count). The summed E-state index contributed by atoms with van der Waals surface area (Å²) in [4.78, 5) is 17.6. The Hall–Kier alpha value is -1.90. The van der Waals surface area contributed by atoms with Gasteiger partial charge in [0.1, 0.15) is 5.65 Å². The monoisotopic (exact) mass is 172 g/mol. The van der Waals surface area contributed by atoms with Crippen molar-refractivity contribution in [2.75, 3.05) is 0 Å². The summed E-state index contributed by atoms with van der Waals surface area (Å²) in [6.07, 6.45) is 3.39. The summed E-state index contributed by atoms with van der Waals surface area (Å²) in [7, 11) is 0. The zero-order chi connectivity index (χ0) is 9.26. The zero-order valence-corrected chi connectivity index (χ0v) is 6.95. The van der Waals surface area contributed by atoms with E-state index < -0.39 is 0 Å². The minimum absolute atomic E-state index is 0.133. The van der Waals surface area contributed by atoms with Crippen LogP contribution >= 0.6 is 0 Å². The number of hydrogen-bond donors (Lipinski definition) is 1. The molecule has 2 aromatic rings. The fourth-order valence-corrected chi connectivity index (χ4v) is 1.17. The van der Waals surface area contributed by atoms with Crippen LogP contribution in [0.5, 0.6) is 0 Å². The van der Waals surface area contributed by atoms with Gasteiger partial charge in [0.2, 0.25) is 5.56 Å². The molecule has 0 radical (unpaired) electrons. The minimum Gasteiger partial charge on any atom is -0.307 e. The molecule has 0 saturated carbocycles. The van der Waals surface area contributed by atoms with Crippen molar-refractivity contribution in [2.24, 2.45) is 0 Å². The van der Waals surface area contributed by atoms with Crippen LogP contribution in [0, 0.1) is 0 Å². The molecule has 0 aliphatic heterocycles. The molecule has 13 heavy (non-hydrogen) atoms. The van der Waals surface area contributed by atoms with E-state index in [9.17, 15) is 4.79 Å². The number of aromatic amines is 1. The van der Waals surface area contributed by atoms with Gasteiger partial charge in [-0.05, 0) is 17.7 Å². The summed E-state index contributed by atoms with van der Waals surface area (Å²) in [6.45, 7) is 3.64. The first-order valence-corrected chi connectivity index (χ1v) is 3.91. The quantitative estimate of drug-likeness (QED) is 0.709. The van der Waals surface area contributed by atoms with Crippen LogP contribution in [0.25, 0.3) is 17.1 Å². The first-order valence-electron chi connectivity index (χ1n) is 3.91. The van der Waals surface area contributed by atoms with Gasteiger partial charge in [-0.3, -0.25) is 4.79 Å². The number of rotatable bonds is 1. The highest BCUT2D eigenvalue weighted by Crippen LogP contribution is 2.09. The SMILES string of the molecule is C=Cc1cnc2[nH]c(=O)ccc2c1. The normalized spacial score (nSPS) is 10.2. The molecule has 1 N–H and O–H groups in total. The third-order valence-corrected chi connectivity index (χ3v) is 1.83. The molecule has 0 fully saturated rings. The lowest BCUT2D eigenvalue weighted by Crippen LogP contribution is -2.03. The van der Waals surface area contributed by atoms with Crippen LogP contribution in [-0.4, -0.2) is 9.97 Å². The maximum atomic E-state index is 10.9. The fraction of sp³-hybridized carbons (Fsp3) is 0. The van der Waals surface area contributed by atoms with Gasteiger partial charge in [-0.25, -0.2) is 4.98 Å². The lowest BCUT2D eigenvalue weighted by atomic mass is 10.2. The van der Waals surface area contributed by atoms with Gasteiger partial charge in [-0.2, -0.15) is 0 Å². The van der Waals surface area contributed by atoms with Gasteiger partial charge < -0.3 is 4.98 Å². The topological polar surface area (TPSA) is 45.8 Å². The van der Waals surface area contributed by atoms with E-state index in [4.69, 9.17) is 0 Å². The second-order valence-electron chi connectivity index (χ2n) is 2.73. The molecule has 0 saturated heterocycles. The standard InChI is InChI=1S/C10H8N2O/c1-2-7-5-8-3-4-9(13)12-10(8)11-6-7/h2-6H,1H2,(H,11,12,13). The number of pyridine rings is 2. The third kappa shape index (κ3) is 1.36. The third-order valence-electron chi connectivity index (χ3n) is 1.83. The smallest absolute Gasteiger partial charge is 0.249 e. The van der Waals surface area contributed by atoms with E-state index in [1.54, 1.807) is 18.3 Å². The van der Waals surface area contributed by atoms with Gasteiger partial charge in [-0.1, -0.05) is 12.7 Å². The Morgan fingerprint density at radius 2 is 2.31 bits per heavy atom. The summed E-state index contributed by atoms with van der Waals surface area (Å²) in [5.74, 6) is 0. The van der Waals surface area contributed by atoms with Crippen molar-refractivity contribution in [3.8, 4) is 0 Å². The summed E-state index contributed by atoms with van der Waals surface area (Å²) in [5, 5.41) is 0.914. The molecule has 0 spiro atoms.